The van der Waals surface area contributed by atoms with E-state index in [1.165, 1.54) is 6.42 Å². The van der Waals surface area contributed by atoms with E-state index in [1.54, 1.807) is 0 Å². The van der Waals surface area contributed by atoms with E-state index in [4.69, 9.17) is 0 Å². The minimum absolute atomic E-state index is 0. The van der Waals surface area contributed by atoms with Crippen LogP contribution in [-0.4, -0.2) is 0 Å². The Hall–Kier alpha value is 1.10. The molecular weight excluding hydrogens is 161 g/mol. The van der Waals surface area contributed by atoms with Crippen molar-refractivity contribution >= 4 is 0 Å². The fourth-order valence-electron chi connectivity index (χ4n) is 0.680. The molecule has 0 N–H and O–H groups in total. The monoisotopic (exact) mass is 172 g/mol. The van der Waals surface area contributed by atoms with Crippen LogP contribution in [0.15, 0.2) is 0 Å². The van der Waals surface area contributed by atoms with Crippen molar-refractivity contribution in [3.63, 3.8) is 0 Å². The van der Waals surface area contributed by atoms with Crippen LogP contribution in [0.25, 0.3) is 0 Å². The van der Waals surface area contributed by atoms with Crippen molar-refractivity contribution in [2.75, 3.05) is 0 Å². The Bertz CT molecular complexity index is 44.1. The molecule has 39 valence electrons. The van der Waals surface area contributed by atoms with Crippen molar-refractivity contribution in [1.82, 2.24) is 0 Å². The summed E-state index contributed by atoms with van der Waals surface area (Å²) in [5, 5.41) is 0. The second-order valence-corrected chi connectivity index (χ2v) is 2.31. The summed E-state index contributed by atoms with van der Waals surface area (Å²) < 4.78 is 0. The van der Waals surface area contributed by atoms with Crippen molar-refractivity contribution in [3.8, 4) is 0 Å². The first kappa shape index (κ1) is 8.10. The molecule has 1 fully saturated rings. The van der Waals surface area contributed by atoms with Gasteiger partial charge in [0.05, 0.1) is 0 Å². The summed E-state index contributed by atoms with van der Waals surface area (Å²) in [6.45, 7) is 4.57. The first-order chi connectivity index (χ1) is 2.80. The van der Waals surface area contributed by atoms with Crippen LogP contribution in [0.4, 0.5) is 0 Å². The molecule has 0 saturated heterocycles. The third-order valence-corrected chi connectivity index (χ3v) is 1.78. The van der Waals surface area contributed by atoms with E-state index in [0.29, 0.717) is 0 Å². The molecule has 1 heteroatoms. The molecule has 0 amide bonds. The summed E-state index contributed by atoms with van der Waals surface area (Å²) in [5.74, 6) is 1.88. The van der Waals surface area contributed by atoms with Crippen LogP contribution in [0.3, 0.4) is 0 Å². The zero-order valence-electron chi connectivity index (χ0n) is 5.02. The molecule has 1 aliphatic carbocycles. The van der Waals surface area contributed by atoms with Gasteiger partial charge in [0, 0.05) is 32.7 Å². The SMILES string of the molecule is CC1[CH-]CC1C.[Y]. The van der Waals surface area contributed by atoms with E-state index in [0.717, 1.165) is 11.8 Å². The third-order valence-electron chi connectivity index (χ3n) is 1.78. The molecule has 0 bridgehead atoms. The molecule has 1 radical (unpaired) electrons. The van der Waals surface area contributed by atoms with Crippen LogP contribution < -0.4 is 0 Å². The topological polar surface area (TPSA) is 0 Å². The quantitative estimate of drug-likeness (QED) is 0.489. The van der Waals surface area contributed by atoms with E-state index in [9.17, 15) is 0 Å². The molecule has 7 heavy (non-hydrogen) atoms. The maximum atomic E-state index is 2.37. The fraction of sp³-hybridized carbons (Fsp3) is 0.833. The number of hydrogen-bond acceptors (Lipinski definition) is 0. The van der Waals surface area contributed by atoms with Gasteiger partial charge in [0.25, 0.3) is 0 Å². The van der Waals surface area contributed by atoms with Gasteiger partial charge in [0.1, 0.15) is 0 Å². The molecule has 0 aliphatic heterocycles. The maximum absolute atomic E-state index is 2.37. The molecule has 2 atom stereocenters. The first-order valence-electron chi connectivity index (χ1n) is 2.64. The van der Waals surface area contributed by atoms with Crippen LogP contribution >= 0.6 is 0 Å². The van der Waals surface area contributed by atoms with Gasteiger partial charge in [-0.25, -0.2) is 0 Å². The zero-order valence-corrected chi connectivity index (χ0v) is 7.85. The smallest absolute Gasteiger partial charge is 0 e. The first-order valence-corrected chi connectivity index (χ1v) is 2.64. The molecule has 1 saturated carbocycles. The van der Waals surface area contributed by atoms with Crippen LogP contribution in [0, 0.1) is 18.3 Å². The van der Waals surface area contributed by atoms with Gasteiger partial charge in [0.15, 0.2) is 0 Å². The van der Waals surface area contributed by atoms with Crippen molar-refractivity contribution in [3.05, 3.63) is 6.42 Å². The predicted molar refractivity (Wildman–Crippen MR) is 27.2 cm³/mol. The van der Waals surface area contributed by atoms with Gasteiger partial charge in [-0.05, 0) is 0 Å². The number of rotatable bonds is 0. The maximum Gasteiger partial charge on any atom is 0 e. The molecular formula is C6H11Y-. The largest absolute Gasteiger partial charge is 0.325 e. The van der Waals surface area contributed by atoms with E-state index < -0.39 is 0 Å². The van der Waals surface area contributed by atoms with Gasteiger partial charge in [-0.1, -0.05) is 19.8 Å². The fourth-order valence-corrected chi connectivity index (χ4v) is 0.680. The second kappa shape index (κ2) is 3.19. The Morgan fingerprint density at radius 3 is 1.86 bits per heavy atom. The van der Waals surface area contributed by atoms with Crippen LogP contribution in [0.2, 0.25) is 0 Å². The molecule has 0 aromatic rings. The Morgan fingerprint density at radius 2 is 1.86 bits per heavy atom. The minimum Gasteiger partial charge on any atom is -0.325 e. The van der Waals surface area contributed by atoms with E-state index in [1.807, 2.05) is 0 Å². The van der Waals surface area contributed by atoms with Gasteiger partial charge in [-0.15, -0.1) is 0 Å². The predicted octanol–water partition coefficient (Wildman–Crippen LogP) is 1.86. The Kier molecular flexibility index (Phi) is 3.70. The Labute approximate surface area is 70.9 Å². The average Bonchev–Trinajstić information content (AvgIpc) is 1.61. The molecule has 0 aromatic carbocycles. The molecule has 0 heterocycles. The number of hydrogen-bond donors (Lipinski definition) is 0. The molecule has 2 unspecified atom stereocenters. The Balaban J connectivity index is 0.000000360. The van der Waals surface area contributed by atoms with Gasteiger partial charge >= 0.3 is 0 Å². The van der Waals surface area contributed by atoms with Crippen LogP contribution in [-0.2, 0) is 32.7 Å². The standard InChI is InChI=1S/C6H11.Y/c1-5-3-4-6(5)2;/h3,5-6H,4H2,1-2H3;/q-1;. The van der Waals surface area contributed by atoms with Gasteiger partial charge in [-0.2, -0.15) is 12.3 Å². The molecule has 0 aromatic heterocycles. The summed E-state index contributed by atoms with van der Waals surface area (Å²) in [6.07, 6.45) is 3.71. The van der Waals surface area contributed by atoms with Crippen molar-refractivity contribution in [2.24, 2.45) is 11.8 Å². The second-order valence-electron chi connectivity index (χ2n) is 2.31. The average molecular weight is 172 g/mol. The van der Waals surface area contributed by atoms with E-state index >= 15 is 0 Å². The molecule has 0 nitrogen and oxygen atoms in total. The summed E-state index contributed by atoms with van der Waals surface area (Å²) in [4.78, 5) is 0. The molecule has 1 rings (SSSR count). The summed E-state index contributed by atoms with van der Waals surface area (Å²) in [6, 6.07) is 0. The molecule has 1 aliphatic rings. The van der Waals surface area contributed by atoms with Crippen molar-refractivity contribution in [1.29, 1.82) is 0 Å². The van der Waals surface area contributed by atoms with Crippen LogP contribution in [0.5, 0.6) is 0 Å². The van der Waals surface area contributed by atoms with Gasteiger partial charge in [-0.3, -0.25) is 0 Å². The van der Waals surface area contributed by atoms with Gasteiger partial charge in [0.2, 0.25) is 0 Å². The zero-order chi connectivity index (χ0) is 4.57. The minimum atomic E-state index is 0. The van der Waals surface area contributed by atoms with Gasteiger partial charge < -0.3 is 6.42 Å². The summed E-state index contributed by atoms with van der Waals surface area (Å²) >= 11 is 0. The van der Waals surface area contributed by atoms with Crippen molar-refractivity contribution < 1.29 is 32.7 Å². The third kappa shape index (κ3) is 1.81. The summed E-state index contributed by atoms with van der Waals surface area (Å²) in [7, 11) is 0. The van der Waals surface area contributed by atoms with E-state index in [2.05, 4.69) is 20.3 Å². The summed E-state index contributed by atoms with van der Waals surface area (Å²) in [5.41, 5.74) is 0. The molecule has 0 spiro atoms. The van der Waals surface area contributed by atoms with E-state index in [-0.39, 0.29) is 32.7 Å². The normalized spacial score (nSPS) is 38.6. The van der Waals surface area contributed by atoms with Crippen molar-refractivity contribution in [2.45, 2.75) is 20.3 Å². The van der Waals surface area contributed by atoms with Crippen LogP contribution in [0.1, 0.15) is 20.3 Å². The Morgan fingerprint density at radius 1 is 1.43 bits per heavy atom.